The molecule has 0 fully saturated rings. The summed E-state index contributed by atoms with van der Waals surface area (Å²) in [6, 6.07) is 17.0. The van der Waals surface area contributed by atoms with E-state index in [0.717, 1.165) is 24.0 Å². The predicted octanol–water partition coefficient (Wildman–Crippen LogP) is 5.65. The van der Waals surface area contributed by atoms with Crippen LogP contribution < -0.4 is 0 Å². The SMILES string of the molecule is CCCCCCCCOC(=O)C1c2ccccc2C(=O)C1c1ccccc1. The van der Waals surface area contributed by atoms with Crippen molar-refractivity contribution in [2.75, 3.05) is 6.61 Å². The lowest BCUT2D eigenvalue weighted by Gasteiger charge is -2.18. The molecular formula is C24H28O3. The van der Waals surface area contributed by atoms with Gasteiger partial charge in [0.25, 0.3) is 0 Å². The van der Waals surface area contributed by atoms with Crippen molar-refractivity contribution >= 4 is 11.8 Å². The smallest absolute Gasteiger partial charge is 0.314 e. The average Bonchev–Trinajstić information content (AvgIpc) is 3.01. The third-order valence-corrected chi connectivity index (χ3v) is 5.33. The highest BCUT2D eigenvalue weighted by atomic mass is 16.5. The van der Waals surface area contributed by atoms with Crippen molar-refractivity contribution in [3.8, 4) is 0 Å². The standard InChI is InChI=1S/C24H28O3/c1-2-3-4-5-6-12-17-27-24(26)22-19-15-10-11-16-20(19)23(25)21(22)18-13-8-7-9-14-18/h7-11,13-16,21-22H,2-6,12,17H2,1H3. The normalized spacial score (nSPS) is 18.3. The van der Waals surface area contributed by atoms with Crippen LogP contribution >= 0.6 is 0 Å². The second kappa shape index (κ2) is 9.50. The van der Waals surface area contributed by atoms with Gasteiger partial charge in [0.2, 0.25) is 0 Å². The Morgan fingerprint density at radius 2 is 1.56 bits per heavy atom. The molecule has 27 heavy (non-hydrogen) atoms. The molecule has 3 heteroatoms. The van der Waals surface area contributed by atoms with E-state index >= 15 is 0 Å². The number of Topliss-reactive ketones (excluding diaryl/α,β-unsaturated/α-hetero) is 1. The fourth-order valence-electron chi connectivity index (χ4n) is 3.90. The topological polar surface area (TPSA) is 43.4 Å². The maximum Gasteiger partial charge on any atom is 0.314 e. The summed E-state index contributed by atoms with van der Waals surface area (Å²) < 4.78 is 5.60. The molecule has 0 aromatic heterocycles. The average molecular weight is 364 g/mol. The fourth-order valence-corrected chi connectivity index (χ4v) is 3.90. The quantitative estimate of drug-likeness (QED) is 0.426. The van der Waals surface area contributed by atoms with Crippen LogP contribution in [0.25, 0.3) is 0 Å². The summed E-state index contributed by atoms with van der Waals surface area (Å²) in [5.74, 6) is -1.30. The molecule has 1 aliphatic rings. The summed E-state index contributed by atoms with van der Waals surface area (Å²) in [6.07, 6.45) is 6.88. The Morgan fingerprint density at radius 3 is 2.33 bits per heavy atom. The van der Waals surface area contributed by atoms with Gasteiger partial charge in [0.1, 0.15) is 0 Å². The van der Waals surface area contributed by atoms with Crippen molar-refractivity contribution in [3.05, 3.63) is 71.3 Å². The summed E-state index contributed by atoms with van der Waals surface area (Å²) in [6.45, 7) is 2.63. The molecule has 0 N–H and O–H groups in total. The molecule has 0 heterocycles. The number of rotatable bonds is 9. The molecule has 142 valence electrons. The maximum absolute atomic E-state index is 13.0. The number of hydrogen-bond donors (Lipinski definition) is 0. The van der Waals surface area contributed by atoms with Crippen molar-refractivity contribution < 1.29 is 14.3 Å². The lowest BCUT2D eigenvalue weighted by molar-refractivity contribution is -0.145. The lowest BCUT2D eigenvalue weighted by atomic mass is 9.86. The fraction of sp³-hybridized carbons (Fsp3) is 0.417. The highest BCUT2D eigenvalue weighted by Crippen LogP contribution is 2.44. The number of esters is 1. The number of carbonyl (C=O) groups excluding carboxylic acids is 2. The number of benzene rings is 2. The van der Waals surface area contributed by atoms with Crippen LogP contribution in [0, 0.1) is 0 Å². The van der Waals surface area contributed by atoms with Crippen molar-refractivity contribution in [1.82, 2.24) is 0 Å². The highest BCUT2D eigenvalue weighted by molar-refractivity contribution is 6.10. The molecule has 0 spiro atoms. The maximum atomic E-state index is 13.0. The van der Waals surface area contributed by atoms with Gasteiger partial charge in [0.05, 0.1) is 18.4 Å². The van der Waals surface area contributed by atoms with Crippen LogP contribution in [-0.2, 0) is 9.53 Å². The number of ketones is 1. The molecule has 2 atom stereocenters. The van der Waals surface area contributed by atoms with E-state index in [-0.39, 0.29) is 11.8 Å². The molecule has 3 rings (SSSR count). The van der Waals surface area contributed by atoms with Gasteiger partial charge >= 0.3 is 5.97 Å². The Balaban J connectivity index is 1.69. The predicted molar refractivity (Wildman–Crippen MR) is 107 cm³/mol. The van der Waals surface area contributed by atoms with Crippen LogP contribution in [0.5, 0.6) is 0 Å². The van der Waals surface area contributed by atoms with E-state index in [0.29, 0.717) is 12.2 Å². The minimum atomic E-state index is -0.545. The summed E-state index contributed by atoms with van der Waals surface area (Å²) in [5.41, 5.74) is 2.32. The molecule has 2 aromatic rings. The van der Waals surface area contributed by atoms with E-state index in [1.807, 2.05) is 54.6 Å². The van der Waals surface area contributed by atoms with Gasteiger partial charge in [-0.05, 0) is 17.5 Å². The van der Waals surface area contributed by atoms with Crippen LogP contribution in [0.1, 0.15) is 78.8 Å². The van der Waals surface area contributed by atoms with Crippen LogP contribution in [0.2, 0.25) is 0 Å². The van der Waals surface area contributed by atoms with E-state index in [1.165, 1.54) is 25.7 Å². The van der Waals surface area contributed by atoms with Gasteiger partial charge in [-0.2, -0.15) is 0 Å². The monoisotopic (exact) mass is 364 g/mol. The highest BCUT2D eigenvalue weighted by Gasteiger charge is 2.45. The van der Waals surface area contributed by atoms with Gasteiger partial charge in [-0.15, -0.1) is 0 Å². The van der Waals surface area contributed by atoms with Gasteiger partial charge < -0.3 is 4.74 Å². The van der Waals surface area contributed by atoms with Gasteiger partial charge in [-0.1, -0.05) is 93.6 Å². The number of hydrogen-bond acceptors (Lipinski definition) is 3. The van der Waals surface area contributed by atoms with Gasteiger partial charge in [-0.3, -0.25) is 9.59 Å². The Morgan fingerprint density at radius 1 is 0.889 bits per heavy atom. The third kappa shape index (κ3) is 4.47. The van der Waals surface area contributed by atoms with Crippen molar-refractivity contribution in [1.29, 1.82) is 0 Å². The molecule has 0 aliphatic heterocycles. The molecule has 1 aliphatic carbocycles. The summed E-state index contributed by atoms with van der Waals surface area (Å²) >= 11 is 0. The zero-order valence-electron chi connectivity index (χ0n) is 16.0. The van der Waals surface area contributed by atoms with E-state index in [4.69, 9.17) is 4.74 Å². The van der Waals surface area contributed by atoms with Crippen molar-refractivity contribution in [3.63, 3.8) is 0 Å². The Bertz CT molecular complexity index is 766. The van der Waals surface area contributed by atoms with Gasteiger partial charge in [0.15, 0.2) is 5.78 Å². The van der Waals surface area contributed by atoms with Crippen LogP contribution in [0.4, 0.5) is 0 Å². The second-order valence-corrected chi connectivity index (χ2v) is 7.25. The van der Waals surface area contributed by atoms with Crippen LogP contribution in [0.3, 0.4) is 0 Å². The second-order valence-electron chi connectivity index (χ2n) is 7.25. The third-order valence-electron chi connectivity index (χ3n) is 5.33. The van der Waals surface area contributed by atoms with Gasteiger partial charge in [-0.25, -0.2) is 0 Å². The van der Waals surface area contributed by atoms with Crippen molar-refractivity contribution in [2.45, 2.75) is 57.3 Å². The number of ether oxygens (including phenoxy) is 1. The van der Waals surface area contributed by atoms with E-state index in [2.05, 4.69) is 6.92 Å². The minimum absolute atomic E-state index is 0.0123. The zero-order valence-corrected chi connectivity index (χ0v) is 16.0. The number of carbonyl (C=O) groups is 2. The first kappa shape index (κ1) is 19.3. The summed E-state index contributed by atoms with van der Waals surface area (Å²) in [4.78, 5) is 25.9. The largest absolute Gasteiger partial charge is 0.465 e. The van der Waals surface area contributed by atoms with Crippen LogP contribution in [0.15, 0.2) is 54.6 Å². The molecule has 3 nitrogen and oxygen atoms in total. The molecule has 0 saturated heterocycles. The summed E-state index contributed by atoms with van der Waals surface area (Å²) in [5, 5.41) is 0. The first-order valence-corrected chi connectivity index (χ1v) is 10.1. The minimum Gasteiger partial charge on any atom is -0.465 e. The molecular weight excluding hydrogens is 336 g/mol. The first-order valence-electron chi connectivity index (χ1n) is 10.1. The van der Waals surface area contributed by atoms with E-state index in [9.17, 15) is 9.59 Å². The molecule has 2 unspecified atom stereocenters. The Kier molecular flexibility index (Phi) is 6.80. The molecule has 0 amide bonds. The molecule has 2 aromatic carbocycles. The zero-order chi connectivity index (χ0) is 19.1. The molecule has 0 saturated carbocycles. The van der Waals surface area contributed by atoms with Crippen LogP contribution in [-0.4, -0.2) is 18.4 Å². The Hall–Kier alpha value is -2.42. The number of fused-ring (bicyclic) bond motifs is 1. The Labute approximate surface area is 161 Å². The van der Waals surface area contributed by atoms with Crippen molar-refractivity contribution in [2.24, 2.45) is 0 Å². The molecule has 0 bridgehead atoms. The van der Waals surface area contributed by atoms with Gasteiger partial charge in [0, 0.05) is 5.56 Å². The molecule has 0 radical (unpaired) electrons. The first-order chi connectivity index (χ1) is 13.2. The van der Waals surface area contributed by atoms with E-state index < -0.39 is 11.8 Å². The number of unbranched alkanes of at least 4 members (excludes halogenated alkanes) is 5. The summed E-state index contributed by atoms with van der Waals surface area (Å²) in [7, 11) is 0. The lowest BCUT2D eigenvalue weighted by Crippen LogP contribution is -2.22. The van der Waals surface area contributed by atoms with E-state index in [1.54, 1.807) is 0 Å².